The van der Waals surface area contributed by atoms with Crippen LogP contribution in [-0.2, 0) is 4.79 Å². The Bertz CT molecular complexity index is 733. The lowest BCUT2D eigenvalue weighted by atomic mass is 9.78. The highest BCUT2D eigenvalue weighted by Crippen LogP contribution is 2.29. The highest BCUT2D eigenvalue weighted by Gasteiger charge is 2.28. The minimum Gasteiger partial charge on any atom is -0.497 e. The lowest BCUT2D eigenvalue weighted by Crippen LogP contribution is -2.44. The zero-order valence-electron chi connectivity index (χ0n) is 15.4. The molecule has 0 bridgehead atoms. The Morgan fingerprint density at radius 1 is 1.31 bits per heavy atom. The predicted octanol–water partition coefficient (Wildman–Crippen LogP) is 2.70. The Balaban J connectivity index is 1.58. The van der Waals surface area contributed by atoms with Crippen LogP contribution in [0.3, 0.4) is 0 Å². The summed E-state index contributed by atoms with van der Waals surface area (Å²) in [5.41, 5.74) is 0.827. The van der Waals surface area contributed by atoms with Crippen LogP contribution < -0.4 is 10.1 Å². The number of tetrazole rings is 1. The molecule has 1 N–H and O–H groups in total. The molecule has 0 spiro atoms. The molecule has 140 valence electrons. The van der Waals surface area contributed by atoms with Crippen LogP contribution in [0.2, 0.25) is 0 Å². The molecule has 1 saturated carbocycles. The summed E-state index contributed by atoms with van der Waals surface area (Å²) in [4.78, 5) is 12.4. The molecule has 8 heteroatoms. The van der Waals surface area contributed by atoms with E-state index in [1.54, 1.807) is 11.8 Å². The number of carbonyl (C=O) groups excluding carboxylic acids is 1. The van der Waals surface area contributed by atoms with Crippen LogP contribution >= 0.6 is 11.8 Å². The first-order valence-corrected chi connectivity index (χ1v) is 9.92. The molecule has 26 heavy (non-hydrogen) atoms. The van der Waals surface area contributed by atoms with E-state index in [0.717, 1.165) is 17.9 Å². The zero-order valence-corrected chi connectivity index (χ0v) is 16.2. The summed E-state index contributed by atoms with van der Waals surface area (Å²) in [5.74, 6) is 2.27. The fourth-order valence-corrected chi connectivity index (χ4v) is 4.02. The minimum atomic E-state index is 0.0326. The van der Waals surface area contributed by atoms with Crippen molar-refractivity contribution >= 4 is 17.7 Å². The first-order valence-electron chi connectivity index (χ1n) is 8.93. The molecule has 0 unspecified atom stereocenters. The van der Waals surface area contributed by atoms with E-state index in [4.69, 9.17) is 4.74 Å². The van der Waals surface area contributed by atoms with Gasteiger partial charge in [0, 0.05) is 6.04 Å². The average molecular weight is 375 g/mol. The lowest BCUT2D eigenvalue weighted by molar-refractivity contribution is -0.120. The summed E-state index contributed by atoms with van der Waals surface area (Å²) in [6.07, 6.45) is 3.49. The smallest absolute Gasteiger partial charge is 0.230 e. The average Bonchev–Trinajstić information content (AvgIpc) is 3.12. The Morgan fingerprint density at radius 2 is 2.08 bits per heavy atom. The number of hydrogen-bond donors (Lipinski definition) is 1. The van der Waals surface area contributed by atoms with Crippen molar-refractivity contribution in [2.75, 3.05) is 12.9 Å². The van der Waals surface area contributed by atoms with Gasteiger partial charge in [-0.3, -0.25) is 4.79 Å². The molecule has 1 aromatic heterocycles. The number of ether oxygens (including phenoxy) is 1. The van der Waals surface area contributed by atoms with Crippen molar-refractivity contribution < 1.29 is 9.53 Å². The summed E-state index contributed by atoms with van der Waals surface area (Å²) < 4.78 is 6.79. The quantitative estimate of drug-likeness (QED) is 0.782. The second kappa shape index (κ2) is 8.53. The van der Waals surface area contributed by atoms with E-state index in [-0.39, 0.29) is 11.9 Å². The number of thioether (sulfide) groups is 1. The van der Waals surface area contributed by atoms with Crippen LogP contribution in [0.5, 0.6) is 5.75 Å². The molecule has 1 fully saturated rings. The van der Waals surface area contributed by atoms with Gasteiger partial charge < -0.3 is 10.1 Å². The molecular formula is C18H25N5O2S. The fourth-order valence-electron chi connectivity index (χ4n) is 3.32. The lowest BCUT2D eigenvalue weighted by Gasteiger charge is -2.34. The van der Waals surface area contributed by atoms with Gasteiger partial charge in [0.05, 0.1) is 18.6 Å². The van der Waals surface area contributed by atoms with Crippen molar-refractivity contribution in [3.05, 3.63) is 24.3 Å². The van der Waals surface area contributed by atoms with Crippen LogP contribution in [0.4, 0.5) is 0 Å². The molecule has 2 aromatic rings. The van der Waals surface area contributed by atoms with E-state index in [1.165, 1.54) is 24.6 Å². The SMILES string of the molecule is COc1ccc(-n2nnnc2SCC(=O)N[C@@H]2CCC[C@@H](C)[C@H]2C)cc1. The van der Waals surface area contributed by atoms with Crippen molar-refractivity contribution in [1.29, 1.82) is 0 Å². The highest BCUT2D eigenvalue weighted by molar-refractivity contribution is 7.99. The van der Waals surface area contributed by atoms with Gasteiger partial charge in [-0.2, -0.15) is 4.68 Å². The molecule has 1 amide bonds. The van der Waals surface area contributed by atoms with Crippen molar-refractivity contribution in [3.8, 4) is 11.4 Å². The number of benzene rings is 1. The second-order valence-electron chi connectivity index (χ2n) is 6.80. The van der Waals surface area contributed by atoms with E-state index in [2.05, 4.69) is 34.7 Å². The van der Waals surface area contributed by atoms with Gasteiger partial charge in [-0.05, 0) is 52.9 Å². The van der Waals surface area contributed by atoms with E-state index < -0.39 is 0 Å². The van der Waals surface area contributed by atoms with E-state index in [9.17, 15) is 4.79 Å². The normalized spacial score (nSPS) is 22.8. The minimum absolute atomic E-state index is 0.0326. The molecule has 0 radical (unpaired) electrons. The molecule has 1 heterocycles. The summed E-state index contributed by atoms with van der Waals surface area (Å²) >= 11 is 1.34. The maximum Gasteiger partial charge on any atom is 0.230 e. The summed E-state index contributed by atoms with van der Waals surface area (Å²) in [6.45, 7) is 4.49. The molecule has 1 aromatic carbocycles. The van der Waals surface area contributed by atoms with E-state index in [1.807, 2.05) is 24.3 Å². The van der Waals surface area contributed by atoms with Gasteiger partial charge in [-0.1, -0.05) is 38.5 Å². The molecule has 1 aliphatic rings. The molecule has 0 aliphatic heterocycles. The van der Waals surface area contributed by atoms with E-state index >= 15 is 0 Å². The number of amides is 1. The number of methoxy groups -OCH3 is 1. The van der Waals surface area contributed by atoms with Crippen LogP contribution in [0, 0.1) is 11.8 Å². The Kier molecular flexibility index (Phi) is 6.13. The topological polar surface area (TPSA) is 81.9 Å². The van der Waals surface area contributed by atoms with Crippen LogP contribution in [0.1, 0.15) is 33.1 Å². The second-order valence-corrected chi connectivity index (χ2v) is 7.74. The van der Waals surface area contributed by atoms with Crippen LogP contribution in [0.15, 0.2) is 29.4 Å². The van der Waals surface area contributed by atoms with Crippen LogP contribution in [-0.4, -0.2) is 45.0 Å². The Morgan fingerprint density at radius 3 is 2.81 bits per heavy atom. The molecule has 3 rings (SSSR count). The van der Waals surface area contributed by atoms with Crippen molar-refractivity contribution in [3.63, 3.8) is 0 Å². The summed E-state index contributed by atoms with van der Waals surface area (Å²) in [5, 5.41) is 15.6. The number of hydrogen-bond acceptors (Lipinski definition) is 6. The van der Waals surface area contributed by atoms with Crippen molar-refractivity contribution in [1.82, 2.24) is 25.5 Å². The van der Waals surface area contributed by atoms with Gasteiger partial charge in [0.25, 0.3) is 0 Å². The zero-order chi connectivity index (χ0) is 18.5. The predicted molar refractivity (Wildman–Crippen MR) is 101 cm³/mol. The summed E-state index contributed by atoms with van der Waals surface area (Å²) in [6, 6.07) is 7.73. The monoisotopic (exact) mass is 375 g/mol. The molecule has 3 atom stereocenters. The van der Waals surface area contributed by atoms with Gasteiger partial charge in [-0.25, -0.2) is 0 Å². The Hall–Kier alpha value is -2.09. The maximum atomic E-state index is 12.4. The molecule has 7 nitrogen and oxygen atoms in total. The Labute approximate surface area is 157 Å². The third-order valence-corrected chi connectivity index (χ3v) is 6.06. The van der Waals surface area contributed by atoms with Gasteiger partial charge >= 0.3 is 0 Å². The van der Waals surface area contributed by atoms with Gasteiger partial charge in [0.1, 0.15) is 5.75 Å². The number of nitrogens with zero attached hydrogens (tertiary/aromatic N) is 4. The van der Waals surface area contributed by atoms with E-state index in [0.29, 0.717) is 22.7 Å². The maximum absolute atomic E-state index is 12.4. The largest absolute Gasteiger partial charge is 0.497 e. The summed E-state index contributed by atoms with van der Waals surface area (Å²) in [7, 11) is 1.62. The van der Waals surface area contributed by atoms with Crippen molar-refractivity contribution in [2.24, 2.45) is 11.8 Å². The fraction of sp³-hybridized carbons (Fsp3) is 0.556. The molecule has 0 saturated heterocycles. The molecular weight excluding hydrogens is 350 g/mol. The van der Waals surface area contributed by atoms with Crippen molar-refractivity contribution in [2.45, 2.75) is 44.3 Å². The molecule has 1 aliphatic carbocycles. The first kappa shape index (κ1) is 18.7. The third kappa shape index (κ3) is 4.35. The third-order valence-electron chi connectivity index (χ3n) is 5.14. The standard InChI is InChI=1S/C18H25N5O2S/c1-12-5-4-6-16(13(12)2)19-17(24)11-26-18-20-21-22-23(18)14-7-9-15(25-3)10-8-14/h7-10,12-13,16H,4-6,11H2,1-3H3,(H,19,24)/t12-,13-,16-/m1/s1. The highest BCUT2D eigenvalue weighted by atomic mass is 32.2. The number of nitrogens with one attached hydrogen (secondary N) is 1. The first-order chi connectivity index (χ1) is 12.6. The van der Waals surface area contributed by atoms with Gasteiger partial charge in [0.15, 0.2) is 0 Å². The van der Waals surface area contributed by atoms with Gasteiger partial charge in [-0.15, -0.1) is 5.10 Å². The number of carbonyl (C=O) groups is 1. The van der Waals surface area contributed by atoms with Crippen LogP contribution in [0.25, 0.3) is 5.69 Å². The number of rotatable bonds is 6. The number of aromatic nitrogens is 4. The van der Waals surface area contributed by atoms with Gasteiger partial charge in [0.2, 0.25) is 11.1 Å².